The lowest BCUT2D eigenvalue weighted by atomic mass is 10.0. The molecular weight excluding hydrogens is 874 g/mol. The quantitative estimate of drug-likeness (QED) is 0.0668. The van der Waals surface area contributed by atoms with E-state index in [4.69, 9.17) is 0 Å². The maximum atomic E-state index is 13.7. The molecule has 0 bridgehead atoms. The van der Waals surface area contributed by atoms with Gasteiger partial charge in [-0.1, -0.05) is 29.7 Å². The van der Waals surface area contributed by atoms with Gasteiger partial charge in [0.15, 0.2) is 105 Å². The SMILES string of the molecule is C.C.C.C.Cc1c(F)c(F)c2c(F)c(F)c(F)c(F)c2c1F.Cc1c(F)c(F)c2c(F)c(F)c(F)c(F)c2c1F.Fc1c(F)c(F)c2c(F)c(CP)c(F)c(F)c2c1F. The fourth-order valence-corrected chi connectivity index (χ4v) is 5.28. The van der Waals surface area contributed by atoms with Crippen LogP contribution in [-0.2, 0) is 6.16 Å². The van der Waals surface area contributed by atoms with E-state index in [2.05, 4.69) is 0 Å². The number of rotatable bonds is 1. The molecule has 0 saturated heterocycles. The fourth-order valence-electron chi connectivity index (χ4n) is 4.92. The Morgan fingerprint density at radius 2 is 0.407 bits per heavy atom. The van der Waals surface area contributed by atoms with Crippen LogP contribution in [-0.4, -0.2) is 0 Å². The highest BCUT2D eigenvalue weighted by Gasteiger charge is 2.32. The van der Waals surface area contributed by atoms with E-state index in [0.29, 0.717) is 0 Å². The highest BCUT2D eigenvalue weighted by molar-refractivity contribution is 7.15. The van der Waals surface area contributed by atoms with Gasteiger partial charge in [0.2, 0.25) is 0 Å². The minimum Gasteiger partial charge on any atom is -0.206 e. The second-order valence-corrected chi connectivity index (χ2v) is 11.2. The molecule has 0 aliphatic carbocycles. The van der Waals surface area contributed by atoms with E-state index >= 15 is 0 Å². The molecule has 1 atom stereocenters. The van der Waals surface area contributed by atoms with Crippen LogP contribution < -0.4 is 0 Å². The molecule has 0 aromatic heterocycles. The molecule has 0 aliphatic heterocycles. The van der Waals surface area contributed by atoms with Gasteiger partial charge in [-0.25, -0.2) is 92.2 Å². The first-order chi connectivity index (χ1) is 25.4. The highest BCUT2D eigenvalue weighted by atomic mass is 31.0. The van der Waals surface area contributed by atoms with E-state index in [1.807, 2.05) is 9.24 Å². The Balaban J connectivity index is 0.000000828. The molecule has 0 saturated carbocycles. The van der Waals surface area contributed by atoms with Gasteiger partial charge < -0.3 is 0 Å². The lowest BCUT2D eigenvalue weighted by molar-refractivity contribution is 0.411. The molecular formula is C37H26F21P. The summed E-state index contributed by atoms with van der Waals surface area (Å²) in [6, 6.07) is 0. The van der Waals surface area contributed by atoms with Crippen molar-refractivity contribution in [2.75, 3.05) is 0 Å². The van der Waals surface area contributed by atoms with Crippen molar-refractivity contribution in [2.24, 2.45) is 0 Å². The van der Waals surface area contributed by atoms with Gasteiger partial charge in [0.1, 0.15) is 17.5 Å². The molecule has 0 spiro atoms. The van der Waals surface area contributed by atoms with E-state index in [1.165, 1.54) is 0 Å². The zero-order chi connectivity index (χ0) is 42.0. The summed E-state index contributed by atoms with van der Waals surface area (Å²) >= 11 is 0. The van der Waals surface area contributed by atoms with Crippen molar-refractivity contribution in [2.45, 2.75) is 49.7 Å². The van der Waals surface area contributed by atoms with Crippen LogP contribution in [0, 0.1) is 136 Å². The van der Waals surface area contributed by atoms with Crippen LogP contribution in [0.25, 0.3) is 32.3 Å². The topological polar surface area (TPSA) is 0 Å². The Morgan fingerprint density at radius 1 is 0.237 bits per heavy atom. The molecule has 326 valence electrons. The Morgan fingerprint density at radius 3 is 0.627 bits per heavy atom. The second-order valence-electron chi connectivity index (χ2n) is 10.8. The molecule has 6 aromatic carbocycles. The van der Waals surface area contributed by atoms with Crippen LogP contribution in [0.15, 0.2) is 0 Å². The average molecular weight is 901 g/mol. The van der Waals surface area contributed by atoms with Gasteiger partial charge in [-0.05, 0) is 20.0 Å². The summed E-state index contributed by atoms with van der Waals surface area (Å²) in [7, 11) is 1.85. The molecule has 0 N–H and O–H groups in total. The van der Waals surface area contributed by atoms with E-state index in [1.54, 1.807) is 0 Å². The van der Waals surface area contributed by atoms with Crippen LogP contribution in [0.5, 0.6) is 0 Å². The molecule has 0 heterocycles. The third-order valence-electron chi connectivity index (χ3n) is 7.75. The summed E-state index contributed by atoms with van der Waals surface area (Å²) in [4.78, 5) is 0. The van der Waals surface area contributed by atoms with Crippen molar-refractivity contribution in [3.63, 3.8) is 0 Å². The summed E-state index contributed by atoms with van der Waals surface area (Å²) in [5.74, 6) is -43.0. The van der Waals surface area contributed by atoms with Gasteiger partial charge in [-0.2, -0.15) is 0 Å². The van der Waals surface area contributed by atoms with Gasteiger partial charge >= 0.3 is 0 Å². The van der Waals surface area contributed by atoms with Crippen molar-refractivity contribution in [1.29, 1.82) is 0 Å². The lowest BCUT2D eigenvalue weighted by Gasteiger charge is -2.11. The number of benzene rings is 6. The molecule has 0 nitrogen and oxygen atoms in total. The summed E-state index contributed by atoms with van der Waals surface area (Å²) in [5.41, 5.74) is -2.81. The van der Waals surface area contributed by atoms with Crippen molar-refractivity contribution in [3.8, 4) is 0 Å². The van der Waals surface area contributed by atoms with Crippen molar-refractivity contribution in [1.82, 2.24) is 0 Å². The van der Waals surface area contributed by atoms with Crippen LogP contribution >= 0.6 is 9.24 Å². The maximum Gasteiger partial charge on any atom is 0.198 e. The maximum absolute atomic E-state index is 13.7. The Kier molecular flexibility index (Phi) is 17.8. The molecule has 6 rings (SSSR count). The molecule has 59 heavy (non-hydrogen) atoms. The zero-order valence-electron chi connectivity index (χ0n) is 26.2. The predicted molar refractivity (Wildman–Crippen MR) is 181 cm³/mol. The number of halogens is 21. The minimum absolute atomic E-state index is 0. The Labute approximate surface area is 322 Å². The molecule has 6 aromatic rings. The van der Waals surface area contributed by atoms with Crippen LogP contribution in [0.1, 0.15) is 46.4 Å². The first-order valence-electron chi connectivity index (χ1n) is 14.0. The van der Waals surface area contributed by atoms with Crippen LogP contribution in [0.2, 0.25) is 0 Å². The van der Waals surface area contributed by atoms with Crippen molar-refractivity contribution >= 4 is 41.6 Å². The van der Waals surface area contributed by atoms with E-state index in [9.17, 15) is 92.2 Å². The Bertz CT molecular complexity index is 2280. The first kappa shape index (κ1) is 54.1. The van der Waals surface area contributed by atoms with Gasteiger partial charge in [0, 0.05) is 16.7 Å². The predicted octanol–water partition coefficient (Wildman–Crippen LogP) is 15.0. The van der Waals surface area contributed by atoms with Gasteiger partial charge in [0.05, 0.1) is 32.3 Å². The largest absolute Gasteiger partial charge is 0.206 e. The molecule has 0 aliphatic rings. The third kappa shape index (κ3) is 8.31. The van der Waals surface area contributed by atoms with E-state index in [0.717, 1.165) is 13.8 Å². The standard InChI is InChI=1S/C11H4F7P.2C11H3F7.4CH4/c12-5-2(1-19)6(13)7(14)4-3(5)8(15)10(17)11(18)9(4)16;2*1-2-5(12)3-4(7(14)6(2)13)9(16)11(18)10(17)8(3)15;;;;/h1,19H2;2*1H3;4*1H4. The minimum atomic E-state index is -2.33. The van der Waals surface area contributed by atoms with Gasteiger partial charge in [0.25, 0.3) is 0 Å². The summed E-state index contributed by atoms with van der Waals surface area (Å²) in [6.07, 6.45) is -0.454. The smallest absolute Gasteiger partial charge is 0.198 e. The normalized spacial score (nSPS) is 10.6. The van der Waals surface area contributed by atoms with Gasteiger partial charge in [-0.15, -0.1) is 9.24 Å². The first-order valence-corrected chi connectivity index (χ1v) is 14.8. The van der Waals surface area contributed by atoms with Crippen molar-refractivity contribution in [3.05, 3.63) is 139 Å². The molecule has 1 unspecified atom stereocenters. The average Bonchev–Trinajstić information content (AvgIpc) is 3.15. The molecule has 0 radical (unpaired) electrons. The fraction of sp³-hybridized carbons (Fsp3) is 0.189. The molecule has 22 heteroatoms. The van der Waals surface area contributed by atoms with E-state index in [-0.39, 0.29) is 29.7 Å². The van der Waals surface area contributed by atoms with Crippen LogP contribution in [0.3, 0.4) is 0 Å². The van der Waals surface area contributed by atoms with Gasteiger partial charge in [-0.3, -0.25) is 0 Å². The number of fused-ring (bicyclic) bond motifs is 3. The van der Waals surface area contributed by atoms with Crippen molar-refractivity contribution < 1.29 is 92.2 Å². The van der Waals surface area contributed by atoms with Crippen LogP contribution in [0.4, 0.5) is 92.2 Å². The molecule has 0 fully saturated rings. The number of hydrogen-bond donors (Lipinski definition) is 0. The summed E-state index contributed by atoms with van der Waals surface area (Å²) in [5, 5.41) is -9.13. The third-order valence-corrected chi connectivity index (χ3v) is 8.16. The summed E-state index contributed by atoms with van der Waals surface area (Å²) < 4.78 is 278. The lowest BCUT2D eigenvalue weighted by Crippen LogP contribution is -2.06. The molecule has 0 amide bonds. The second kappa shape index (κ2) is 19.4. The zero-order valence-corrected chi connectivity index (χ0v) is 27.4. The number of hydrogen-bond acceptors (Lipinski definition) is 0. The van der Waals surface area contributed by atoms with E-state index < -0.39 is 177 Å². The monoisotopic (exact) mass is 900 g/mol. The summed E-state index contributed by atoms with van der Waals surface area (Å²) in [6.45, 7) is 1.51. The Hall–Kier alpha value is -4.94. The highest BCUT2D eigenvalue weighted by Crippen LogP contribution is 2.37.